The molecule has 0 aliphatic rings. The summed E-state index contributed by atoms with van der Waals surface area (Å²) in [5.74, 6) is -1.06. The first-order chi connectivity index (χ1) is 8.04. The predicted molar refractivity (Wildman–Crippen MR) is 63.5 cm³/mol. The molecule has 17 heavy (non-hydrogen) atoms. The van der Waals surface area contributed by atoms with E-state index in [-0.39, 0.29) is 17.7 Å². The van der Waals surface area contributed by atoms with Gasteiger partial charge in [-0.2, -0.15) is 0 Å². The van der Waals surface area contributed by atoms with Crippen LogP contribution < -0.4 is 0 Å². The number of hydrogen-bond acceptors (Lipinski definition) is 3. The first-order valence-electron chi connectivity index (χ1n) is 4.84. The fourth-order valence-corrected chi connectivity index (χ4v) is 1.29. The number of carboxylic acids is 1. The normalized spacial score (nSPS) is 10.9. The minimum atomic E-state index is -1.06. The lowest BCUT2D eigenvalue weighted by Gasteiger charge is -1.99. The molecule has 0 atom stereocenters. The molecular formula is C12H11NO4. The molecule has 88 valence electrons. The maximum atomic E-state index is 10.9. The Morgan fingerprint density at radius 3 is 2.76 bits per heavy atom. The van der Waals surface area contributed by atoms with Crippen molar-refractivity contribution in [3.05, 3.63) is 58.2 Å². The SMILES string of the molecule is C=CCC(=Cc1cccc([N+](=O)[O-])c1)C(=O)O. The fourth-order valence-electron chi connectivity index (χ4n) is 1.29. The lowest BCUT2D eigenvalue weighted by molar-refractivity contribution is -0.384. The van der Waals surface area contributed by atoms with Gasteiger partial charge in [0.05, 0.1) is 4.92 Å². The molecular weight excluding hydrogens is 222 g/mol. The van der Waals surface area contributed by atoms with Crippen LogP contribution in [-0.2, 0) is 4.79 Å². The minimum absolute atomic E-state index is 0.0675. The Morgan fingerprint density at radius 2 is 2.24 bits per heavy atom. The van der Waals surface area contributed by atoms with Crippen LogP contribution in [0.25, 0.3) is 6.08 Å². The highest BCUT2D eigenvalue weighted by Crippen LogP contribution is 2.17. The maximum absolute atomic E-state index is 10.9. The third-order valence-corrected chi connectivity index (χ3v) is 2.06. The zero-order chi connectivity index (χ0) is 12.8. The smallest absolute Gasteiger partial charge is 0.331 e. The van der Waals surface area contributed by atoms with Gasteiger partial charge in [0.1, 0.15) is 0 Å². The molecule has 0 unspecified atom stereocenters. The van der Waals surface area contributed by atoms with Gasteiger partial charge in [0.25, 0.3) is 5.69 Å². The number of nitro groups is 1. The van der Waals surface area contributed by atoms with E-state index < -0.39 is 10.9 Å². The van der Waals surface area contributed by atoms with Gasteiger partial charge < -0.3 is 5.11 Å². The number of aliphatic carboxylic acids is 1. The molecule has 0 bridgehead atoms. The van der Waals surface area contributed by atoms with Gasteiger partial charge in [-0.25, -0.2) is 4.79 Å². The second-order valence-corrected chi connectivity index (χ2v) is 3.32. The lowest BCUT2D eigenvalue weighted by atomic mass is 10.1. The molecule has 5 heteroatoms. The molecule has 0 aliphatic carbocycles. The summed E-state index contributed by atoms with van der Waals surface area (Å²) in [7, 11) is 0. The first kappa shape index (κ1) is 12.6. The van der Waals surface area contributed by atoms with Crippen LogP contribution in [0.15, 0.2) is 42.5 Å². The molecule has 0 aliphatic heterocycles. The van der Waals surface area contributed by atoms with E-state index in [2.05, 4.69) is 6.58 Å². The van der Waals surface area contributed by atoms with Gasteiger partial charge in [-0.05, 0) is 18.1 Å². The average Bonchev–Trinajstić information content (AvgIpc) is 2.28. The number of non-ortho nitro benzene ring substituents is 1. The van der Waals surface area contributed by atoms with E-state index in [0.29, 0.717) is 5.56 Å². The number of carbonyl (C=O) groups is 1. The van der Waals surface area contributed by atoms with Crippen LogP contribution in [0.2, 0.25) is 0 Å². The molecule has 0 heterocycles. The molecule has 5 nitrogen and oxygen atoms in total. The summed E-state index contributed by atoms with van der Waals surface area (Å²) in [5, 5.41) is 19.4. The summed E-state index contributed by atoms with van der Waals surface area (Å²) in [6, 6.07) is 5.80. The van der Waals surface area contributed by atoms with Crippen LogP contribution in [0.4, 0.5) is 5.69 Å². The third-order valence-electron chi connectivity index (χ3n) is 2.06. The Balaban J connectivity index is 3.10. The highest BCUT2D eigenvalue weighted by Gasteiger charge is 2.08. The minimum Gasteiger partial charge on any atom is -0.478 e. The standard InChI is InChI=1S/C12H11NO4/c1-2-4-10(12(14)15)7-9-5-3-6-11(8-9)13(16)17/h2-3,5-8H,1,4H2,(H,14,15). The summed E-state index contributed by atoms with van der Waals surface area (Å²) >= 11 is 0. The maximum Gasteiger partial charge on any atom is 0.331 e. The van der Waals surface area contributed by atoms with E-state index in [1.165, 1.54) is 30.4 Å². The van der Waals surface area contributed by atoms with Crippen molar-refractivity contribution in [2.24, 2.45) is 0 Å². The Kier molecular flexibility index (Phi) is 4.16. The summed E-state index contributed by atoms with van der Waals surface area (Å²) in [5.41, 5.74) is 0.557. The van der Waals surface area contributed by atoms with Crippen molar-refractivity contribution in [2.75, 3.05) is 0 Å². The van der Waals surface area contributed by atoms with Crippen molar-refractivity contribution in [2.45, 2.75) is 6.42 Å². The number of nitrogens with zero attached hydrogens (tertiary/aromatic N) is 1. The zero-order valence-electron chi connectivity index (χ0n) is 9.00. The number of allylic oxidation sites excluding steroid dienone is 1. The molecule has 0 spiro atoms. The monoisotopic (exact) mass is 233 g/mol. The van der Waals surface area contributed by atoms with Gasteiger partial charge in [0.15, 0.2) is 0 Å². The Morgan fingerprint density at radius 1 is 1.53 bits per heavy atom. The Bertz CT molecular complexity index is 491. The van der Waals surface area contributed by atoms with Crippen molar-refractivity contribution in [3.63, 3.8) is 0 Å². The molecule has 0 saturated heterocycles. The zero-order valence-corrected chi connectivity index (χ0v) is 9.00. The second-order valence-electron chi connectivity index (χ2n) is 3.32. The van der Waals surface area contributed by atoms with Crippen LogP contribution in [0.1, 0.15) is 12.0 Å². The van der Waals surface area contributed by atoms with Gasteiger partial charge in [0, 0.05) is 17.7 Å². The Labute approximate surface area is 97.9 Å². The summed E-state index contributed by atoms with van der Waals surface area (Å²) in [4.78, 5) is 20.9. The molecule has 0 fully saturated rings. The van der Waals surface area contributed by atoms with Crippen LogP contribution in [0, 0.1) is 10.1 Å². The number of nitro benzene ring substituents is 1. The molecule has 1 aromatic rings. The van der Waals surface area contributed by atoms with Gasteiger partial charge in [0.2, 0.25) is 0 Å². The van der Waals surface area contributed by atoms with E-state index in [4.69, 9.17) is 5.11 Å². The van der Waals surface area contributed by atoms with Gasteiger partial charge in [-0.3, -0.25) is 10.1 Å². The predicted octanol–water partition coefficient (Wildman–Crippen LogP) is 2.64. The molecule has 0 saturated carbocycles. The quantitative estimate of drug-likeness (QED) is 0.367. The van der Waals surface area contributed by atoms with Crippen molar-refractivity contribution >= 4 is 17.7 Å². The number of benzene rings is 1. The molecule has 1 N–H and O–H groups in total. The fraction of sp³-hybridized carbons (Fsp3) is 0.0833. The number of hydrogen-bond donors (Lipinski definition) is 1. The third kappa shape index (κ3) is 3.57. The summed E-state index contributed by atoms with van der Waals surface area (Å²) < 4.78 is 0. The van der Waals surface area contributed by atoms with Gasteiger partial charge >= 0.3 is 5.97 Å². The van der Waals surface area contributed by atoms with Gasteiger partial charge in [-0.15, -0.1) is 6.58 Å². The summed E-state index contributed by atoms with van der Waals surface area (Å²) in [6.45, 7) is 3.46. The van der Waals surface area contributed by atoms with Crippen molar-refractivity contribution in [1.29, 1.82) is 0 Å². The van der Waals surface area contributed by atoms with Crippen molar-refractivity contribution < 1.29 is 14.8 Å². The molecule has 0 aromatic heterocycles. The molecule has 0 amide bonds. The van der Waals surface area contributed by atoms with Gasteiger partial charge in [-0.1, -0.05) is 18.2 Å². The Hall–Kier alpha value is -2.43. The van der Waals surface area contributed by atoms with E-state index in [1.54, 1.807) is 6.07 Å². The largest absolute Gasteiger partial charge is 0.478 e. The first-order valence-corrected chi connectivity index (χ1v) is 4.84. The van der Waals surface area contributed by atoms with E-state index >= 15 is 0 Å². The highest BCUT2D eigenvalue weighted by molar-refractivity contribution is 5.92. The number of carboxylic acid groups (broad SMARTS) is 1. The lowest BCUT2D eigenvalue weighted by Crippen LogP contribution is -1.99. The highest BCUT2D eigenvalue weighted by atomic mass is 16.6. The summed E-state index contributed by atoms with van der Waals surface area (Å²) in [6.07, 6.45) is 3.08. The van der Waals surface area contributed by atoms with Crippen molar-refractivity contribution in [3.8, 4) is 0 Å². The topological polar surface area (TPSA) is 80.4 Å². The molecule has 0 radical (unpaired) electrons. The van der Waals surface area contributed by atoms with Crippen LogP contribution in [0.3, 0.4) is 0 Å². The van der Waals surface area contributed by atoms with E-state index in [1.807, 2.05) is 0 Å². The molecule has 1 aromatic carbocycles. The second kappa shape index (κ2) is 5.60. The average molecular weight is 233 g/mol. The molecule has 1 rings (SSSR count). The van der Waals surface area contributed by atoms with Crippen LogP contribution in [-0.4, -0.2) is 16.0 Å². The van der Waals surface area contributed by atoms with Crippen LogP contribution >= 0.6 is 0 Å². The van der Waals surface area contributed by atoms with E-state index in [9.17, 15) is 14.9 Å². The van der Waals surface area contributed by atoms with E-state index in [0.717, 1.165) is 0 Å². The van der Waals surface area contributed by atoms with Crippen molar-refractivity contribution in [1.82, 2.24) is 0 Å². The van der Waals surface area contributed by atoms with Crippen LogP contribution in [0.5, 0.6) is 0 Å². The number of rotatable bonds is 5.